The lowest BCUT2D eigenvalue weighted by Gasteiger charge is -2.36. The van der Waals surface area contributed by atoms with E-state index in [0.29, 0.717) is 24.0 Å². The molecular formula is C67H78N10O6S2. The molecule has 6 N–H and O–H groups in total. The SMILES string of the molecule is CNCC(=O)NC(C(=O)N1CC(NC(=O)c2ccc(C(=O)NC3CC(c4nc(C(c5ccccc5)c5ccccc5)cs4)N(C(=O)C(NC(=O)C(C)NC)C(C)(C)C)C3)cc2)CC1c1nc(C(c2ccccc2)c2ccccc2)cs1)C(C)(C)C. The Balaban J connectivity index is 0.940. The Labute approximate surface area is 507 Å². The summed E-state index contributed by atoms with van der Waals surface area (Å²) in [5.74, 6) is -2.25. The second-order valence-electron chi connectivity index (χ2n) is 24.3. The van der Waals surface area contributed by atoms with Crippen LogP contribution < -0.4 is 31.9 Å². The molecule has 0 bridgehead atoms. The average Bonchev–Trinajstić information content (AvgIpc) is 4.47. The maximum atomic E-state index is 15.0. The first-order valence-electron chi connectivity index (χ1n) is 29.1. The van der Waals surface area contributed by atoms with Gasteiger partial charge in [-0.05, 0) is 91.2 Å². The molecule has 2 saturated heterocycles. The smallest absolute Gasteiger partial charge is 0.251 e. The summed E-state index contributed by atoms with van der Waals surface area (Å²) in [6.45, 7) is 13.6. The summed E-state index contributed by atoms with van der Waals surface area (Å²) in [4.78, 5) is 99.0. The first-order valence-corrected chi connectivity index (χ1v) is 30.8. The zero-order valence-corrected chi connectivity index (χ0v) is 51.4. The third kappa shape index (κ3) is 14.6. The largest absolute Gasteiger partial charge is 0.347 e. The number of carbonyl (C=O) groups is 6. The van der Waals surface area contributed by atoms with Gasteiger partial charge in [-0.1, -0.05) is 163 Å². The molecule has 9 rings (SSSR count). The number of carbonyl (C=O) groups excluding carboxylic acids is 6. The second-order valence-corrected chi connectivity index (χ2v) is 26.1. The van der Waals surface area contributed by atoms with Gasteiger partial charge >= 0.3 is 0 Å². The van der Waals surface area contributed by atoms with Gasteiger partial charge in [-0.15, -0.1) is 22.7 Å². The Morgan fingerprint density at radius 1 is 0.529 bits per heavy atom. The van der Waals surface area contributed by atoms with Crippen LogP contribution in [0.4, 0.5) is 0 Å². The number of nitrogens with one attached hydrogen (secondary N) is 6. The molecule has 0 radical (unpaired) electrons. The highest BCUT2D eigenvalue weighted by molar-refractivity contribution is 7.10. The van der Waals surface area contributed by atoms with Crippen LogP contribution in [0.5, 0.6) is 0 Å². The summed E-state index contributed by atoms with van der Waals surface area (Å²) in [5, 5.41) is 23.8. The van der Waals surface area contributed by atoms with Crippen LogP contribution >= 0.6 is 22.7 Å². The van der Waals surface area contributed by atoms with E-state index in [0.717, 1.165) is 43.7 Å². The third-order valence-corrected chi connectivity index (χ3v) is 17.9. The third-order valence-electron chi connectivity index (χ3n) is 16.0. The number of benzene rings is 5. The lowest BCUT2D eigenvalue weighted by molar-refractivity contribution is -0.140. The molecule has 6 amide bonds. The minimum atomic E-state index is -0.889. The van der Waals surface area contributed by atoms with Crippen molar-refractivity contribution in [3.8, 4) is 0 Å². The molecule has 2 aromatic heterocycles. The molecule has 2 aliphatic heterocycles. The maximum absolute atomic E-state index is 15.0. The number of thiazole rings is 2. The molecule has 2 fully saturated rings. The summed E-state index contributed by atoms with van der Waals surface area (Å²) in [6, 6.07) is 42.9. The normalized spacial score (nSPS) is 18.2. The summed E-state index contributed by atoms with van der Waals surface area (Å²) >= 11 is 2.95. The number of hydrogen-bond donors (Lipinski definition) is 6. The number of likely N-dealkylation sites (N-methyl/N-ethyl adjacent to an activating group) is 2. The molecule has 2 aliphatic rings. The Bertz CT molecular complexity index is 3340. The highest BCUT2D eigenvalue weighted by Gasteiger charge is 2.47. The van der Waals surface area contributed by atoms with Crippen molar-refractivity contribution < 1.29 is 28.8 Å². The molecule has 444 valence electrons. The first kappa shape index (κ1) is 61.7. The number of aromatic nitrogens is 2. The molecule has 5 aromatic carbocycles. The van der Waals surface area contributed by atoms with Crippen molar-refractivity contribution in [1.82, 2.24) is 51.7 Å². The van der Waals surface area contributed by atoms with Crippen LogP contribution in [0.2, 0.25) is 0 Å². The van der Waals surface area contributed by atoms with Crippen molar-refractivity contribution >= 4 is 58.1 Å². The fourth-order valence-electron chi connectivity index (χ4n) is 11.4. The number of nitrogens with zero attached hydrogens (tertiary/aromatic N) is 4. The molecule has 18 heteroatoms. The Morgan fingerprint density at radius 3 is 1.21 bits per heavy atom. The van der Waals surface area contributed by atoms with Crippen molar-refractivity contribution in [2.24, 2.45) is 10.8 Å². The molecule has 4 heterocycles. The van der Waals surface area contributed by atoms with Crippen LogP contribution in [-0.4, -0.2) is 119 Å². The van der Waals surface area contributed by atoms with Gasteiger partial charge in [0.1, 0.15) is 22.1 Å². The van der Waals surface area contributed by atoms with E-state index in [1.54, 1.807) is 55.1 Å². The molecule has 0 spiro atoms. The lowest BCUT2D eigenvalue weighted by atomic mass is 9.85. The topological polar surface area (TPSA) is 207 Å². The highest BCUT2D eigenvalue weighted by Crippen LogP contribution is 2.42. The van der Waals surface area contributed by atoms with E-state index >= 15 is 4.79 Å². The highest BCUT2D eigenvalue weighted by atomic mass is 32.1. The summed E-state index contributed by atoms with van der Waals surface area (Å²) < 4.78 is 0. The molecule has 7 unspecified atom stereocenters. The van der Waals surface area contributed by atoms with Gasteiger partial charge in [0.15, 0.2) is 0 Å². The minimum Gasteiger partial charge on any atom is -0.347 e. The quantitative estimate of drug-likeness (QED) is 0.0427. The number of hydrogen-bond acceptors (Lipinski definition) is 12. The van der Waals surface area contributed by atoms with Crippen molar-refractivity contribution in [3.63, 3.8) is 0 Å². The maximum Gasteiger partial charge on any atom is 0.251 e. The molecule has 0 saturated carbocycles. The van der Waals surface area contributed by atoms with Gasteiger partial charge in [0.05, 0.1) is 47.9 Å². The Kier molecular flexibility index (Phi) is 19.6. The van der Waals surface area contributed by atoms with Crippen molar-refractivity contribution in [2.75, 3.05) is 33.7 Å². The Hall–Kier alpha value is -7.90. The fourth-order valence-corrected chi connectivity index (χ4v) is 13.3. The van der Waals surface area contributed by atoms with E-state index in [9.17, 15) is 24.0 Å². The van der Waals surface area contributed by atoms with Crippen LogP contribution in [0.25, 0.3) is 0 Å². The van der Waals surface area contributed by atoms with E-state index in [1.165, 1.54) is 22.7 Å². The van der Waals surface area contributed by atoms with Crippen molar-refractivity contribution in [3.05, 3.63) is 211 Å². The number of amides is 6. The predicted octanol–water partition coefficient (Wildman–Crippen LogP) is 8.99. The zero-order valence-electron chi connectivity index (χ0n) is 49.8. The van der Waals surface area contributed by atoms with Crippen molar-refractivity contribution in [1.29, 1.82) is 0 Å². The van der Waals surface area contributed by atoms with E-state index in [2.05, 4.69) is 80.4 Å². The van der Waals surface area contributed by atoms with E-state index in [-0.39, 0.29) is 66.9 Å². The standard InChI is InChI=1S/C67H78N10O6S2/c1-41(69-9)59(79)75-58(67(5,6)7)65(83)77-38-49(35-53(77)63-73-51(40-85-63)56(44-26-18-12-19-27-44)45-28-20-13-21-29-45)71-61(81)47-32-30-46(31-33-47)60(80)70-48-34-52(76(37-48)64(82)57(66(2,3)4)74-54(78)36-68-8)62-72-50(39-84-62)55(42-22-14-10-15-23-42)43-24-16-11-17-25-43/h10-33,39-41,48-49,52-53,55-58,68-69H,34-38H2,1-9H3,(H,70,80)(H,71,81)(H,74,78)(H,75,79). The van der Waals surface area contributed by atoms with Crippen LogP contribution in [0, 0.1) is 10.8 Å². The van der Waals surface area contributed by atoms with Crippen LogP contribution in [0.3, 0.4) is 0 Å². The number of likely N-dealkylation sites (tertiary alicyclic amines) is 2. The number of rotatable bonds is 20. The molecule has 7 aromatic rings. The van der Waals surface area contributed by atoms with Gasteiger partial charge in [-0.3, -0.25) is 28.8 Å². The van der Waals surface area contributed by atoms with E-state index < -0.39 is 53.1 Å². The average molecular weight is 1180 g/mol. The fraction of sp³-hybridized carbons (Fsp3) is 0.373. The Morgan fingerprint density at radius 2 is 0.882 bits per heavy atom. The molecule has 0 aliphatic carbocycles. The predicted molar refractivity (Wildman–Crippen MR) is 334 cm³/mol. The van der Waals surface area contributed by atoms with Crippen LogP contribution in [-0.2, 0) is 19.2 Å². The lowest BCUT2D eigenvalue weighted by Crippen LogP contribution is -2.57. The summed E-state index contributed by atoms with van der Waals surface area (Å²) in [7, 11) is 3.37. The zero-order chi connectivity index (χ0) is 60.6. The molecule has 85 heavy (non-hydrogen) atoms. The molecule has 16 nitrogen and oxygen atoms in total. The van der Waals surface area contributed by atoms with Crippen LogP contribution in [0.15, 0.2) is 156 Å². The minimum absolute atomic E-state index is 0.0383. The van der Waals surface area contributed by atoms with E-state index in [4.69, 9.17) is 9.97 Å². The molecular weight excluding hydrogens is 1100 g/mol. The monoisotopic (exact) mass is 1180 g/mol. The van der Waals surface area contributed by atoms with E-state index in [1.807, 2.05) is 125 Å². The van der Waals surface area contributed by atoms with Crippen molar-refractivity contribution in [2.45, 2.75) is 115 Å². The second kappa shape index (κ2) is 27.0. The first-order chi connectivity index (χ1) is 40.7. The van der Waals surface area contributed by atoms with Crippen LogP contribution in [0.1, 0.15) is 150 Å². The van der Waals surface area contributed by atoms with Gasteiger partial charge in [0.25, 0.3) is 11.8 Å². The van der Waals surface area contributed by atoms with Gasteiger partial charge in [0, 0.05) is 47.1 Å². The summed E-state index contributed by atoms with van der Waals surface area (Å²) in [5.41, 5.74) is 5.31. The van der Waals surface area contributed by atoms with Gasteiger partial charge in [-0.25, -0.2) is 9.97 Å². The van der Waals surface area contributed by atoms with Gasteiger partial charge < -0.3 is 41.7 Å². The molecule has 7 atom stereocenters. The van der Waals surface area contributed by atoms with Gasteiger partial charge in [0.2, 0.25) is 23.6 Å². The summed E-state index contributed by atoms with van der Waals surface area (Å²) in [6.07, 6.45) is 0.740. The van der Waals surface area contributed by atoms with Gasteiger partial charge in [-0.2, -0.15) is 0 Å².